The highest BCUT2D eigenvalue weighted by atomic mass is 19.4. The third-order valence-electron chi connectivity index (χ3n) is 7.00. The Hall–Kier alpha value is -3.29. The van der Waals surface area contributed by atoms with Crippen LogP contribution in [0.1, 0.15) is 56.2 Å². The zero-order chi connectivity index (χ0) is 24.9. The van der Waals surface area contributed by atoms with Gasteiger partial charge >= 0.3 is 6.18 Å². The Morgan fingerprint density at radius 2 is 1.66 bits per heavy atom. The summed E-state index contributed by atoms with van der Waals surface area (Å²) in [5.41, 5.74) is 4.47. The van der Waals surface area contributed by atoms with Crippen molar-refractivity contribution in [1.29, 1.82) is 0 Å². The topological polar surface area (TPSA) is 55.9 Å². The molecule has 0 radical (unpaired) electrons. The second-order valence-electron chi connectivity index (χ2n) is 9.98. The van der Waals surface area contributed by atoms with Crippen molar-refractivity contribution in [3.05, 3.63) is 59.5 Å². The predicted molar refractivity (Wildman–Crippen MR) is 131 cm³/mol. The first-order chi connectivity index (χ1) is 16.6. The van der Waals surface area contributed by atoms with Crippen LogP contribution in [0.15, 0.2) is 47.0 Å². The van der Waals surface area contributed by atoms with Gasteiger partial charge in [-0.05, 0) is 86.9 Å². The van der Waals surface area contributed by atoms with E-state index in [9.17, 15) is 13.2 Å². The van der Waals surface area contributed by atoms with Gasteiger partial charge in [-0.2, -0.15) is 13.2 Å². The molecular formula is C27H29F3N4O. The molecule has 2 heterocycles. The summed E-state index contributed by atoms with van der Waals surface area (Å²) in [7, 11) is 0. The summed E-state index contributed by atoms with van der Waals surface area (Å²) in [4.78, 5) is 4.91. The van der Waals surface area contributed by atoms with E-state index >= 15 is 0 Å². The first kappa shape index (κ1) is 23.5. The van der Waals surface area contributed by atoms with Crippen molar-refractivity contribution in [3.8, 4) is 11.1 Å². The summed E-state index contributed by atoms with van der Waals surface area (Å²) in [6.45, 7) is 8.36. The molecule has 4 aromatic rings. The number of aryl methyl sites for hydroxylation is 2. The number of nitrogens with zero attached hydrogens (tertiary/aromatic N) is 3. The van der Waals surface area contributed by atoms with Crippen molar-refractivity contribution in [2.24, 2.45) is 11.8 Å². The van der Waals surface area contributed by atoms with Crippen LogP contribution in [-0.4, -0.2) is 14.7 Å². The van der Waals surface area contributed by atoms with Gasteiger partial charge < -0.3 is 14.4 Å². The van der Waals surface area contributed by atoms with Gasteiger partial charge in [-0.25, -0.2) is 4.98 Å². The van der Waals surface area contributed by atoms with Gasteiger partial charge in [0.1, 0.15) is 5.76 Å². The normalized spacial score (nSPS) is 20.9. The molecule has 0 saturated heterocycles. The second kappa shape index (κ2) is 8.73. The smallest absolute Gasteiger partial charge is 0.361 e. The van der Waals surface area contributed by atoms with Crippen LogP contribution < -0.4 is 5.32 Å². The fourth-order valence-corrected chi connectivity index (χ4v) is 5.59. The van der Waals surface area contributed by atoms with E-state index in [1.807, 2.05) is 19.9 Å². The molecule has 1 aliphatic carbocycles. The van der Waals surface area contributed by atoms with Crippen LogP contribution in [0.4, 0.5) is 24.8 Å². The number of anilines is 2. The number of nitrogens with one attached hydrogen (secondary N) is 1. The molecule has 1 saturated carbocycles. The molecule has 35 heavy (non-hydrogen) atoms. The Balaban J connectivity index is 1.59. The Morgan fingerprint density at radius 3 is 2.26 bits per heavy atom. The van der Waals surface area contributed by atoms with Crippen LogP contribution in [0.3, 0.4) is 0 Å². The molecule has 0 bridgehead atoms. The van der Waals surface area contributed by atoms with Gasteiger partial charge in [0.15, 0.2) is 0 Å². The number of alkyl halides is 3. The molecule has 8 heteroatoms. The summed E-state index contributed by atoms with van der Waals surface area (Å²) in [5, 5.41) is 7.37. The molecule has 2 aromatic carbocycles. The monoisotopic (exact) mass is 482 g/mol. The van der Waals surface area contributed by atoms with E-state index in [1.165, 1.54) is 18.6 Å². The lowest BCUT2D eigenvalue weighted by molar-refractivity contribution is -0.137. The van der Waals surface area contributed by atoms with Gasteiger partial charge in [0.05, 0.1) is 22.3 Å². The quantitative estimate of drug-likeness (QED) is 0.320. The van der Waals surface area contributed by atoms with Crippen molar-refractivity contribution in [1.82, 2.24) is 14.7 Å². The summed E-state index contributed by atoms with van der Waals surface area (Å²) < 4.78 is 46.7. The van der Waals surface area contributed by atoms with E-state index in [4.69, 9.17) is 9.51 Å². The Labute approximate surface area is 202 Å². The number of halogens is 3. The molecule has 1 N–H and O–H groups in total. The number of fused-ring (bicyclic) bond motifs is 1. The number of benzene rings is 2. The van der Waals surface area contributed by atoms with Gasteiger partial charge in [0.2, 0.25) is 5.95 Å². The lowest BCUT2D eigenvalue weighted by Crippen LogP contribution is -2.23. The molecule has 1 fully saturated rings. The van der Waals surface area contributed by atoms with Crippen LogP contribution in [0, 0.1) is 25.7 Å². The lowest BCUT2D eigenvalue weighted by atomic mass is 9.80. The van der Waals surface area contributed by atoms with Crippen molar-refractivity contribution < 1.29 is 17.7 Å². The first-order valence-corrected chi connectivity index (χ1v) is 12.0. The zero-order valence-electron chi connectivity index (χ0n) is 20.3. The fraction of sp³-hybridized carbons (Fsp3) is 0.407. The molecule has 2 aromatic heterocycles. The Kier molecular flexibility index (Phi) is 5.85. The number of rotatable bonds is 4. The van der Waals surface area contributed by atoms with E-state index in [1.54, 1.807) is 0 Å². The van der Waals surface area contributed by atoms with Crippen molar-refractivity contribution >= 4 is 22.7 Å². The number of hydrogen-bond donors (Lipinski definition) is 1. The van der Waals surface area contributed by atoms with Gasteiger partial charge in [-0.15, -0.1) is 0 Å². The third kappa shape index (κ3) is 4.54. The number of imidazole rings is 1. The van der Waals surface area contributed by atoms with E-state index in [0.29, 0.717) is 23.5 Å². The zero-order valence-corrected chi connectivity index (χ0v) is 20.3. The van der Waals surface area contributed by atoms with Crippen molar-refractivity contribution in [2.45, 2.75) is 59.2 Å². The van der Waals surface area contributed by atoms with E-state index in [0.717, 1.165) is 58.6 Å². The molecule has 2 unspecified atom stereocenters. The minimum absolute atomic E-state index is 0.251. The summed E-state index contributed by atoms with van der Waals surface area (Å²) in [6, 6.07) is 11.5. The van der Waals surface area contributed by atoms with E-state index in [-0.39, 0.29) is 6.04 Å². The average molecular weight is 483 g/mol. The van der Waals surface area contributed by atoms with Gasteiger partial charge in [0.25, 0.3) is 0 Å². The lowest BCUT2D eigenvalue weighted by Gasteiger charge is -2.33. The molecule has 0 aliphatic heterocycles. The molecular weight excluding hydrogens is 453 g/mol. The first-order valence-electron chi connectivity index (χ1n) is 12.0. The van der Waals surface area contributed by atoms with Crippen molar-refractivity contribution in [2.75, 3.05) is 5.32 Å². The molecule has 184 valence electrons. The van der Waals surface area contributed by atoms with Crippen LogP contribution >= 0.6 is 0 Å². The van der Waals surface area contributed by atoms with Crippen LogP contribution in [0.25, 0.3) is 22.2 Å². The summed E-state index contributed by atoms with van der Waals surface area (Å²) >= 11 is 0. The molecule has 1 aliphatic rings. The fourth-order valence-electron chi connectivity index (χ4n) is 5.59. The standard InChI is InChI=1S/C27H29F3N4O/c1-15-11-16(2)13-22(12-15)34-24-10-5-19(25-17(3)33-35-18(25)4)14-23(24)32-26(34)31-21-8-6-20(7-9-21)27(28,29)30/h5-10,14-16,22H,11-13H2,1-4H3,(H,31,32). The van der Waals surface area contributed by atoms with Gasteiger partial charge in [-0.3, -0.25) is 0 Å². The van der Waals surface area contributed by atoms with Crippen LogP contribution in [-0.2, 0) is 6.18 Å². The largest absolute Gasteiger partial charge is 0.416 e. The van der Waals surface area contributed by atoms with E-state index < -0.39 is 11.7 Å². The minimum Gasteiger partial charge on any atom is -0.361 e. The summed E-state index contributed by atoms with van der Waals surface area (Å²) in [6.07, 6.45) is -1.11. The maximum absolute atomic E-state index is 13.0. The molecule has 2 atom stereocenters. The van der Waals surface area contributed by atoms with Crippen LogP contribution in [0.2, 0.25) is 0 Å². The second-order valence-corrected chi connectivity index (χ2v) is 9.98. The highest BCUT2D eigenvalue weighted by Gasteiger charge is 2.31. The van der Waals surface area contributed by atoms with Crippen molar-refractivity contribution in [3.63, 3.8) is 0 Å². The van der Waals surface area contributed by atoms with Crippen LogP contribution in [0.5, 0.6) is 0 Å². The van der Waals surface area contributed by atoms with Gasteiger partial charge in [-0.1, -0.05) is 25.1 Å². The SMILES string of the molecule is Cc1noc(C)c1-c1ccc2c(c1)nc(Nc1ccc(C(F)(F)F)cc1)n2C1CC(C)CC(C)C1. The predicted octanol–water partition coefficient (Wildman–Crippen LogP) is 8.07. The Bertz CT molecular complexity index is 1320. The maximum atomic E-state index is 13.0. The number of hydrogen-bond acceptors (Lipinski definition) is 4. The number of aromatic nitrogens is 3. The molecule has 0 amide bonds. The highest BCUT2D eigenvalue weighted by molar-refractivity contribution is 5.86. The third-order valence-corrected chi connectivity index (χ3v) is 7.00. The minimum atomic E-state index is -4.37. The van der Waals surface area contributed by atoms with Gasteiger partial charge in [0, 0.05) is 17.3 Å². The Morgan fingerprint density at radius 1 is 0.971 bits per heavy atom. The highest BCUT2D eigenvalue weighted by Crippen LogP contribution is 2.41. The molecule has 0 spiro atoms. The van der Waals surface area contributed by atoms with E-state index in [2.05, 4.69) is 41.0 Å². The maximum Gasteiger partial charge on any atom is 0.416 e. The summed E-state index contributed by atoms with van der Waals surface area (Å²) in [5.74, 6) is 2.56. The average Bonchev–Trinajstić information content (AvgIpc) is 3.31. The molecule has 5 rings (SSSR count). The molecule has 5 nitrogen and oxygen atoms in total.